The highest BCUT2D eigenvalue weighted by molar-refractivity contribution is 9.10. The van der Waals surface area contributed by atoms with Gasteiger partial charge in [0.1, 0.15) is 5.69 Å². The van der Waals surface area contributed by atoms with Gasteiger partial charge in [0.15, 0.2) is 0 Å². The SMILES string of the molecule is CC.COC(=O)c1cc(Br)cc(C)n1. The van der Waals surface area contributed by atoms with Gasteiger partial charge in [-0.3, -0.25) is 0 Å². The Morgan fingerprint density at radius 3 is 2.43 bits per heavy atom. The Kier molecular flexibility index (Phi) is 6.12. The van der Waals surface area contributed by atoms with Crippen molar-refractivity contribution in [1.29, 1.82) is 0 Å². The van der Waals surface area contributed by atoms with E-state index < -0.39 is 5.97 Å². The van der Waals surface area contributed by atoms with Crippen molar-refractivity contribution in [3.8, 4) is 0 Å². The van der Waals surface area contributed by atoms with Crippen molar-refractivity contribution in [3.05, 3.63) is 28.0 Å². The lowest BCUT2D eigenvalue weighted by Crippen LogP contribution is -2.04. The minimum absolute atomic E-state index is 0.323. The zero-order valence-electron chi connectivity index (χ0n) is 8.80. The van der Waals surface area contributed by atoms with Crippen LogP contribution in [0.3, 0.4) is 0 Å². The van der Waals surface area contributed by atoms with Gasteiger partial charge in [-0.2, -0.15) is 0 Å². The smallest absolute Gasteiger partial charge is 0.356 e. The van der Waals surface area contributed by atoms with E-state index in [-0.39, 0.29) is 0 Å². The van der Waals surface area contributed by atoms with E-state index in [1.165, 1.54) is 7.11 Å². The van der Waals surface area contributed by atoms with Gasteiger partial charge >= 0.3 is 5.97 Å². The van der Waals surface area contributed by atoms with E-state index in [1.807, 2.05) is 26.8 Å². The Bertz CT molecular complexity index is 293. The highest BCUT2D eigenvalue weighted by atomic mass is 79.9. The van der Waals surface area contributed by atoms with Crippen LogP contribution in [0.15, 0.2) is 16.6 Å². The summed E-state index contributed by atoms with van der Waals surface area (Å²) in [7, 11) is 1.33. The van der Waals surface area contributed by atoms with E-state index in [0.29, 0.717) is 5.69 Å². The Morgan fingerprint density at radius 2 is 2.00 bits per heavy atom. The zero-order chi connectivity index (χ0) is 11.1. The first-order valence-electron chi connectivity index (χ1n) is 4.36. The molecule has 1 rings (SSSR count). The maximum Gasteiger partial charge on any atom is 0.356 e. The summed E-state index contributed by atoms with van der Waals surface area (Å²) in [6.07, 6.45) is 0. The third-order valence-corrected chi connectivity index (χ3v) is 1.77. The fourth-order valence-electron chi connectivity index (χ4n) is 0.836. The summed E-state index contributed by atoms with van der Waals surface area (Å²) in [6.45, 7) is 5.82. The second-order valence-electron chi connectivity index (χ2n) is 2.30. The second-order valence-corrected chi connectivity index (χ2v) is 3.22. The van der Waals surface area contributed by atoms with E-state index in [9.17, 15) is 4.79 Å². The molecule has 3 nitrogen and oxygen atoms in total. The van der Waals surface area contributed by atoms with Crippen LogP contribution in [0.1, 0.15) is 30.0 Å². The standard InChI is InChI=1S/C8H8BrNO2.C2H6/c1-5-3-6(9)4-7(10-5)8(11)12-2;1-2/h3-4H,1-2H3;1-2H3. The molecule has 0 aliphatic carbocycles. The van der Waals surface area contributed by atoms with Gasteiger partial charge in [0.2, 0.25) is 0 Å². The Balaban J connectivity index is 0.000000791. The number of aromatic nitrogens is 1. The highest BCUT2D eigenvalue weighted by Crippen LogP contribution is 2.12. The summed E-state index contributed by atoms with van der Waals surface area (Å²) in [5.41, 5.74) is 1.11. The monoisotopic (exact) mass is 259 g/mol. The molecule has 0 atom stereocenters. The number of rotatable bonds is 1. The zero-order valence-corrected chi connectivity index (χ0v) is 10.4. The molecule has 0 saturated heterocycles. The van der Waals surface area contributed by atoms with Crippen molar-refractivity contribution in [1.82, 2.24) is 4.98 Å². The fourth-order valence-corrected chi connectivity index (χ4v) is 1.38. The van der Waals surface area contributed by atoms with E-state index >= 15 is 0 Å². The number of methoxy groups -OCH3 is 1. The number of esters is 1. The minimum Gasteiger partial charge on any atom is -0.464 e. The first kappa shape index (κ1) is 13.1. The molecule has 0 aliphatic rings. The molecule has 0 spiro atoms. The van der Waals surface area contributed by atoms with E-state index in [0.717, 1.165) is 10.2 Å². The molecule has 0 saturated carbocycles. The third kappa shape index (κ3) is 3.87. The Morgan fingerprint density at radius 1 is 1.43 bits per heavy atom. The molecule has 0 radical (unpaired) electrons. The van der Waals surface area contributed by atoms with Gasteiger partial charge in [0, 0.05) is 10.2 Å². The van der Waals surface area contributed by atoms with Crippen LogP contribution in [0.5, 0.6) is 0 Å². The van der Waals surface area contributed by atoms with E-state index in [1.54, 1.807) is 6.07 Å². The van der Waals surface area contributed by atoms with Crippen LogP contribution in [-0.2, 0) is 4.74 Å². The highest BCUT2D eigenvalue weighted by Gasteiger charge is 2.07. The summed E-state index contributed by atoms with van der Waals surface area (Å²) in [4.78, 5) is 15.0. The number of pyridine rings is 1. The predicted molar refractivity (Wildman–Crippen MR) is 59.4 cm³/mol. The third-order valence-electron chi connectivity index (χ3n) is 1.31. The molecule has 1 heterocycles. The summed E-state index contributed by atoms with van der Waals surface area (Å²) < 4.78 is 5.35. The molecule has 0 N–H and O–H groups in total. The molecule has 0 aliphatic heterocycles. The first-order chi connectivity index (χ1) is 6.63. The fraction of sp³-hybridized carbons (Fsp3) is 0.400. The topological polar surface area (TPSA) is 39.2 Å². The van der Waals surface area contributed by atoms with Crippen molar-refractivity contribution in [2.24, 2.45) is 0 Å². The maximum atomic E-state index is 11.0. The molecule has 14 heavy (non-hydrogen) atoms. The number of nitrogens with zero attached hydrogens (tertiary/aromatic N) is 1. The Hall–Kier alpha value is -0.900. The summed E-state index contributed by atoms with van der Waals surface area (Å²) in [5.74, 6) is -0.417. The van der Waals surface area contributed by atoms with Crippen LogP contribution < -0.4 is 0 Å². The van der Waals surface area contributed by atoms with Crippen LogP contribution in [0.2, 0.25) is 0 Å². The van der Waals surface area contributed by atoms with Crippen LogP contribution in [0.25, 0.3) is 0 Å². The summed E-state index contributed by atoms with van der Waals surface area (Å²) in [5, 5.41) is 0. The van der Waals surface area contributed by atoms with Crippen molar-refractivity contribution in [2.75, 3.05) is 7.11 Å². The van der Waals surface area contributed by atoms with Crippen molar-refractivity contribution >= 4 is 21.9 Å². The molecular formula is C10H14BrNO2. The van der Waals surface area contributed by atoms with Gasteiger partial charge in [-0.15, -0.1) is 0 Å². The molecule has 0 bridgehead atoms. The number of carbonyl (C=O) groups is 1. The predicted octanol–water partition coefficient (Wildman–Crippen LogP) is 2.97. The van der Waals surface area contributed by atoms with Gasteiger partial charge in [-0.1, -0.05) is 29.8 Å². The van der Waals surface area contributed by atoms with Gasteiger partial charge in [-0.25, -0.2) is 9.78 Å². The van der Waals surface area contributed by atoms with Crippen LogP contribution >= 0.6 is 15.9 Å². The summed E-state index contributed by atoms with van der Waals surface area (Å²) in [6, 6.07) is 3.45. The molecule has 4 heteroatoms. The number of ether oxygens (including phenoxy) is 1. The minimum atomic E-state index is -0.417. The van der Waals surface area contributed by atoms with Crippen molar-refractivity contribution in [3.63, 3.8) is 0 Å². The first-order valence-corrected chi connectivity index (χ1v) is 5.15. The van der Waals surface area contributed by atoms with Crippen molar-refractivity contribution in [2.45, 2.75) is 20.8 Å². The molecule has 78 valence electrons. The van der Waals surface area contributed by atoms with Gasteiger partial charge < -0.3 is 4.74 Å². The Labute approximate surface area is 92.6 Å². The van der Waals surface area contributed by atoms with Crippen LogP contribution in [-0.4, -0.2) is 18.1 Å². The lowest BCUT2D eigenvalue weighted by Gasteiger charge is -2.00. The molecule has 0 unspecified atom stereocenters. The van der Waals surface area contributed by atoms with Crippen molar-refractivity contribution < 1.29 is 9.53 Å². The summed E-state index contributed by atoms with van der Waals surface area (Å²) >= 11 is 3.26. The quantitative estimate of drug-likeness (QED) is 0.729. The maximum absolute atomic E-state index is 11.0. The normalized spacial score (nSPS) is 8.64. The molecule has 1 aromatic heterocycles. The number of hydrogen-bond acceptors (Lipinski definition) is 3. The largest absolute Gasteiger partial charge is 0.464 e. The van der Waals surface area contributed by atoms with Gasteiger partial charge in [-0.05, 0) is 19.1 Å². The lowest BCUT2D eigenvalue weighted by atomic mass is 10.3. The number of aryl methyl sites for hydroxylation is 1. The van der Waals surface area contributed by atoms with E-state index in [4.69, 9.17) is 0 Å². The number of hydrogen-bond donors (Lipinski definition) is 0. The molecule has 0 amide bonds. The van der Waals surface area contributed by atoms with E-state index in [2.05, 4.69) is 25.7 Å². The molecular weight excluding hydrogens is 246 g/mol. The van der Waals surface area contributed by atoms with Crippen LogP contribution in [0, 0.1) is 6.92 Å². The molecule has 0 fully saturated rings. The average Bonchev–Trinajstić information content (AvgIpc) is 2.18. The van der Waals surface area contributed by atoms with Gasteiger partial charge in [0.05, 0.1) is 7.11 Å². The molecule has 1 aromatic rings. The van der Waals surface area contributed by atoms with Gasteiger partial charge in [0.25, 0.3) is 0 Å². The number of carbonyl (C=O) groups excluding carboxylic acids is 1. The lowest BCUT2D eigenvalue weighted by molar-refractivity contribution is 0.0593. The second kappa shape index (κ2) is 6.54. The van der Waals surface area contributed by atoms with Crippen LogP contribution in [0.4, 0.5) is 0 Å². The number of halogens is 1. The average molecular weight is 260 g/mol. The molecule has 0 aromatic carbocycles.